The lowest BCUT2D eigenvalue weighted by Gasteiger charge is -2.09. The van der Waals surface area contributed by atoms with Crippen molar-refractivity contribution in [1.82, 2.24) is 0 Å². The maximum Gasteiger partial charge on any atom is 0.142 e. The van der Waals surface area contributed by atoms with Crippen LogP contribution in [-0.2, 0) is 6.61 Å². The molecule has 0 aliphatic rings. The monoisotopic (exact) mass is 246 g/mol. The van der Waals surface area contributed by atoms with Crippen molar-refractivity contribution in [2.75, 3.05) is 0 Å². The van der Waals surface area contributed by atoms with E-state index < -0.39 is 0 Å². The minimum Gasteiger partial charge on any atom is -0.392 e. The van der Waals surface area contributed by atoms with E-state index in [0.717, 1.165) is 5.56 Å². The van der Waals surface area contributed by atoms with Crippen LogP contribution >= 0.6 is 15.9 Å². The quantitative estimate of drug-likeness (QED) is 0.850. The van der Waals surface area contributed by atoms with Crippen LogP contribution in [0.15, 0.2) is 16.6 Å². The summed E-state index contributed by atoms with van der Waals surface area (Å²) in [6.07, 6.45) is 0. The molecule has 0 saturated carbocycles. The van der Waals surface area contributed by atoms with Crippen LogP contribution in [0.2, 0.25) is 0 Å². The van der Waals surface area contributed by atoms with Crippen LogP contribution < -0.4 is 0 Å². The van der Waals surface area contributed by atoms with E-state index in [0.29, 0.717) is 16.0 Å². The molecule has 1 rings (SSSR count). The summed E-state index contributed by atoms with van der Waals surface area (Å²) in [7, 11) is 0. The van der Waals surface area contributed by atoms with Crippen molar-refractivity contribution in [2.24, 2.45) is 0 Å². The van der Waals surface area contributed by atoms with Crippen LogP contribution in [0.5, 0.6) is 0 Å². The van der Waals surface area contributed by atoms with Gasteiger partial charge in [-0.3, -0.25) is 0 Å². The van der Waals surface area contributed by atoms with Gasteiger partial charge in [0.15, 0.2) is 0 Å². The Morgan fingerprint density at radius 2 is 2.08 bits per heavy atom. The van der Waals surface area contributed by atoms with E-state index in [2.05, 4.69) is 15.9 Å². The molecule has 0 aliphatic heterocycles. The van der Waals surface area contributed by atoms with Crippen LogP contribution in [0.1, 0.15) is 30.9 Å². The van der Waals surface area contributed by atoms with Gasteiger partial charge in [-0.15, -0.1) is 0 Å². The summed E-state index contributed by atoms with van der Waals surface area (Å²) in [4.78, 5) is 0. The maximum absolute atomic E-state index is 13.2. The summed E-state index contributed by atoms with van der Waals surface area (Å²) in [5.41, 5.74) is 1.37. The van der Waals surface area contributed by atoms with E-state index in [4.69, 9.17) is 5.11 Å². The van der Waals surface area contributed by atoms with Gasteiger partial charge in [0.2, 0.25) is 0 Å². The summed E-state index contributed by atoms with van der Waals surface area (Å²) < 4.78 is 13.7. The fourth-order valence-electron chi connectivity index (χ4n) is 1.12. The van der Waals surface area contributed by atoms with Crippen molar-refractivity contribution in [3.05, 3.63) is 33.5 Å². The number of hydrogen-bond donors (Lipinski definition) is 1. The second-order valence-corrected chi connectivity index (χ2v) is 4.14. The van der Waals surface area contributed by atoms with Crippen LogP contribution in [0.25, 0.3) is 0 Å². The van der Waals surface area contributed by atoms with Gasteiger partial charge in [0.25, 0.3) is 0 Å². The molecule has 13 heavy (non-hydrogen) atoms. The minimum atomic E-state index is -0.369. The van der Waals surface area contributed by atoms with Gasteiger partial charge in [0.05, 0.1) is 11.1 Å². The average molecular weight is 247 g/mol. The van der Waals surface area contributed by atoms with E-state index in [1.54, 1.807) is 12.1 Å². The molecule has 1 nitrogen and oxygen atoms in total. The lowest BCUT2D eigenvalue weighted by Crippen LogP contribution is -1.96. The van der Waals surface area contributed by atoms with Crippen LogP contribution in [-0.4, -0.2) is 5.11 Å². The molecule has 0 unspecified atom stereocenters. The van der Waals surface area contributed by atoms with Crippen LogP contribution in [0.4, 0.5) is 4.39 Å². The highest BCUT2D eigenvalue weighted by atomic mass is 79.9. The van der Waals surface area contributed by atoms with Crippen molar-refractivity contribution in [3.63, 3.8) is 0 Å². The van der Waals surface area contributed by atoms with Gasteiger partial charge in [-0.25, -0.2) is 4.39 Å². The molecule has 1 aromatic carbocycles. The lowest BCUT2D eigenvalue weighted by atomic mass is 10.0. The second kappa shape index (κ2) is 4.20. The molecule has 0 radical (unpaired) electrons. The molecule has 0 heterocycles. The van der Waals surface area contributed by atoms with Gasteiger partial charge < -0.3 is 5.11 Å². The van der Waals surface area contributed by atoms with Gasteiger partial charge in [0.1, 0.15) is 5.82 Å². The van der Waals surface area contributed by atoms with Crippen molar-refractivity contribution < 1.29 is 9.50 Å². The van der Waals surface area contributed by atoms with Crippen molar-refractivity contribution in [3.8, 4) is 0 Å². The SMILES string of the molecule is CC(C)c1cc(Br)c(F)c(CO)c1. The third-order valence-corrected chi connectivity index (χ3v) is 2.54. The number of rotatable bonds is 2. The van der Waals surface area contributed by atoms with E-state index >= 15 is 0 Å². The zero-order valence-corrected chi connectivity index (χ0v) is 9.23. The van der Waals surface area contributed by atoms with Crippen molar-refractivity contribution >= 4 is 15.9 Å². The standard InChI is InChI=1S/C10H12BrFO/c1-6(2)7-3-8(5-13)10(12)9(11)4-7/h3-4,6,13H,5H2,1-2H3. The van der Waals surface area contributed by atoms with E-state index in [-0.39, 0.29) is 12.4 Å². The van der Waals surface area contributed by atoms with Crippen molar-refractivity contribution in [1.29, 1.82) is 0 Å². The fraction of sp³-hybridized carbons (Fsp3) is 0.400. The normalized spacial score (nSPS) is 10.9. The first-order valence-corrected chi connectivity index (χ1v) is 4.94. The Labute approximate surface area is 85.7 Å². The third kappa shape index (κ3) is 2.29. The van der Waals surface area contributed by atoms with E-state index in [9.17, 15) is 4.39 Å². The second-order valence-electron chi connectivity index (χ2n) is 3.29. The molecular weight excluding hydrogens is 235 g/mol. The maximum atomic E-state index is 13.2. The number of benzene rings is 1. The molecule has 0 aromatic heterocycles. The minimum absolute atomic E-state index is 0.259. The highest BCUT2D eigenvalue weighted by molar-refractivity contribution is 9.10. The molecule has 0 aliphatic carbocycles. The molecule has 72 valence electrons. The summed E-state index contributed by atoms with van der Waals surface area (Å²) in [5, 5.41) is 8.89. The summed E-state index contributed by atoms with van der Waals surface area (Å²) >= 11 is 3.12. The Morgan fingerprint density at radius 3 is 2.54 bits per heavy atom. The summed E-state index contributed by atoms with van der Waals surface area (Å²) in [6.45, 7) is 3.80. The third-order valence-electron chi connectivity index (χ3n) is 1.96. The van der Waals surface area contributed by atoms with Gasteiger partial charge in [-0.05, 0) is 33.5 Å². The summed E-state index contributed by atoms with van der Waals surface area (Å²) in [5.74, 6) is -0.0332. The molecule has 0 amide bonds. The molecule has 1 N–H and O–H groups in total. The molecule has 0 saturated heterocycles. The Kier molecular flexibility index (Phi) is 3.45. The first-order chi connectivity index (χ1) is 6.06. The first kappa shape index (κ1) is 10.7. The Hall–Kier alpha value is -0.410. The molecule has 0 fully saturated rings. The zero-order valence-electron chi connectivity index (χ0n) is 7.64. The first-order valence-electron chi connectivity index (χ1n) is 4.15. The molecular formula is C10H12BrFO. The Morgan fingerprint density at radius 1 is 1.46 bits per heavy atom. The number of aliphatic hydroxyl groups is 1. The Bertz CT molecular complexity index is 310. The molecule has 1 aromatic rings. The predicted molar refractivity (Wildman–Crippen MR) is 54.1 cm³/mol. The lowest BCUT2D eigenvalue weighted by molar-refractivity contribution is 0.275. The van der Waals surface area contributed by atoms with Crippen molar-refractivity contribution in [2.45, 2.75) is 26.4 Å². The zero-order chi connectivity index (χ0) is 10.0. The van der Waals surface area contributed by atoms with Gasteiger partial charge in [-0.1, -0.05) is 19.9 Å². The molecule has 0 atom stereocenters. The largest absolute Gasteiger partial charge is 0.392 e. The topological polar surface area (TPSA) is 20.2 Å². The average Bonchev–Trinajstić information content (AvgIpc) is 2.09. The number of aliphatic hydroxyl groups excluding tert-OH is 1. The number of halogens is 2. The smallest absolute Gasteiger partial charge is 0.142 e. The Balaban J connectivity index is 3.22. The van der Waals surface area contributed by atoms with Gasteiger partial charge >= 0.3 is 0 Å². The summed E-state index contributed by atoms with van der Waals surface area (Å²) in [6, 6.07) is 3.45. The molecule has 0 spiro atoms. The fourth-order valence-corrected chi connectivity index (χ4v) is 1.64. The van der Waals surface area contributed by atoms with Crippen LogP contribution in [0.3, 0.4) is 0 Å². The highest BCUT2D eigenvalue weighted by Crippen LogP contribution is 2.25. The van der Waals surface area contributed by atoms with E-state index in [1.165, 1.54) is 0 Å². The van der Waals surface area contributed by atoms with Crippen LogP contribution in [0, 0.1) is 5.82 Å². The predicted octanol–water partition coefficient (Wildman–Crippen LogP) is 3.20. The molecule has 0 bridgehead atoms. The van der Waals surface area contributed by atoms with Gasteiger partial charge in [-0.2, -0.15) is 0 Å². The van der Waals surface area contributed by atoms with Gasteiger partial charge in [0, 0.05) is 5.56 Å². The van der Waals surface area contributed by atoms with E-state index in [1.807, 2.05) is 13.8 Å². The highest BCUT2D eigenvalue weighted by Gasteiger charge is 2.09. The number of hydrogen-bond acceptors (Lipinski definition) is 1. The molecule has 3 heteroatoms.